The molecule has 0 bridgehead atoms. The van der Waals surface area contributed by atoms with Crippen LogP contribution in [0.25, 0.3) is 108 Å². The Labute approximate surface area is 938 Å². The van der Waals surface area contributed by atoms with E-state index in [1.54, 1.807) is 6.20 Å². The summed E-state index contributed by atoms with van der Waals surface area (Å²) in [4.78, 5) is 35.6. The van der Waals surface area contributed by atoms with Crippen LogP contribution < -0.4 is 0 Å². The predicted molar refractivity (Wildman–Crippen MR) is 610 cm³/mol. The van der Waals surface area contributed by atoms with Crippen LogP contribution in [0, 0.1) is 83.1 Å². The van der Waals surface area contributed by atoms with Crippen LogP contribution in [0.2, 0.25) is 0 Å². The molecule has 12 heteroatoms. The molecule has 147 heavy (non-hydrogen) atoms. The van der Waals surface area contributed by atoms with E-state index in [2.05, 4.69) is 472 Å². The van der Waals surface area contributed by atoms with Gasteiger partial charge in [0.2, 0.25) is 0 Å². The number of aryl methyl sites for hydroxylation is 6. The van der Waals surface area contributed by atoms with Gasteiger partial charge in [-0.25, -0.2) is 0 Å². The van der Waals surface area contributed by atoms with Crippen molar-refractivity contribution in [1.29, 1.82) is 0 Å². The second kappa shape index (κ2) is 59.1. The van der Waals surface area contributed by atoms with Gasteiger partial charge in [0.25, 0.3) is 0 Å². The maximum atomic E-state index is 4.58. The van der Waals surface area contributed by atoms with Crippen molar-refractivity contribution in [3.63, 3.8) is 0 Å². The van der Waals surface area contributed by atoms with E-state index in [-0.39, 0.29) is 113 Å². The van der Waals surface area contributed by atoms with Gasteiger partial charge in [-0.2, -0.15) is 0 Å². The molecular formula is C135H150Ir4N8-8. The van der Waals surface area contributed by atoms with E-state index in [1.165, 1.54) is 89.9 Å². The molecule has 16 rings (SSSR count). The van der Waals surface area contributed by atoms with Crippen LogP contribution in [0.1, 0.15) is 278 Å². The van der Waals surface area contributed by atoms with Crippen LogP contribution in [0.5, 0.6) is 0 Å². The molecule has 0 aliphatic heterocycles. The van der Waals surface area contributed by atoms with Gasteiger partial charge in [-0.15, -0.1) is 315 Å². The summed E-state index contributed by atoms with van der Waals surface area (Å²) >= 11 is 0. The van der Waals surface area contributed by atoms with Gasteiger partial charge in [-0.1, -0.05) is 288 Å². The Morgan fingerprint density at radius 1 is 0.265 bits per heavy atom. The van der Waals surface area contributed by atoms with E-state index in [1.807, 2.05) is 134 Å². The fraction of sp³-hybridized carbons (Fsp3) is 0.289. The summed E-state index contributed by atoms with van der Waals surface area (Å²) < 4.78 is 0. The average Bonchev–Trinajstić information content (AvgIpc) is 0.813. The zero-order valence-electron chi connectivity index (χ0n) is 91.9. The van der Waals surface area contributed by atoms with Gasteiger partial charge in [-0.05, 0) is 175 Å². The van der Waals surface area contributed by atoms with Gasteiger partial charge in [-0.3, -0.25) is 0 Å². The molecule has 8 aromatic carbocycles. The Balaban J connectivity index is 0.000000295. The van der Waals surface area contributed by atoms with Gasteiger partial charge < -0.3 is 39.9 Å². The summed E-state index contributed by atoms with van der Waals surface area (Å²) in [7, 11) is 0. The number of benzene rings is 8. The van der Waals surface area contributed by atoms with Gasteiger partial charge in [0.1, 0.15) is 0 Å². The standard InChI is InChI=1S/2C19H24N.2C17H18N.C17H20N.C16H18N.2C15H14N.4Ir/c1-18(2,3)15-9-7-14(8-10-15)17-13-16(11-12-20-17)19(4,5)6;1-18(2,3)15-9-7-14(8-10-15)17-12-11-16(13-20-17)19(4,5)6;1-5-13-6-8-14(9-7-13)16-12-15(10-11-18-16)17(2,3)4;1-5-13-6-8-14(9-7-13)16-11-10-15(12-18-16)17(2,3)4;1-4-5-14-6-8-15(9-7-14)17-12-16(13(2)3)10-11-18-17;1-11(2)14-5-7-15(8-6-14)16-9-12(3)13(4)10-17-16;1-4-13-7-8-16-15(10-13)14-6-5-11(2)12(3)9-14;1-3-5-13-6-4-7-14(11-13)15-10-12(2)8-9-16-15;;;;/h2*7,9-13H,1-6H3;2*5-8,10-12H,1H2,2-4H3;6-8,10-13H,4-5H2,1-3H3;5-7,9-11H,1-4H3;4-5,7-10H,1H2,2-3H3;3-4,6,8-11H,1,5H2,2H3;;;;/q8*-1;;;;. The van der Waals surface area contributed by atoms with Crippen LogP contribution in [-0.2, 0) is 126 Å². The predicted octanol–water partition coefficient (Wildman–Crippen LogP) is 35.6. The summed E-state index contributed by atoms with van der Waals surface area (Å²) in [5.74, 6) is 1.08. The Morgan fingerprint density at radius 3 is 1.02 bits per heavy atom. The fourth-order valence-corrected chi connectivity index (χ4v) is 14.6. The molecular weight excluding hydrogens is 2500 g/mol. The summed E-state index contributed by atoms with van der Waals surface area (Å²) in [6.45, 7) is 76.2. The average molecular weight is 2650 g/mol. The van der Waals surface area contributed by atoms with Crippen molar-refractivity contribution in [1.82, 2.24) is 39.9 Å². The largest absolute Gasteiger partial charge is 0.305 e. The number of allylic oxidation sites excluding steroid dienone is 1. The third-order valence-electron chi connectivity index (χ3n) is 24.6. The quantitative estimate of drug-likeness (QED) is 0.0656. The van der Waals surface area contributed by atoms with Crippen molar-refractivity contribution in [2.75, 3.05) is 0 Å². The molecule has 0 atom stereocenters. The minimum Gasteiger partial charge on any atom is -0.305 e. The molecule has 0 aliphatic carbocycles. The molecule has 0 saturated carbocycles. The van der Waals surface area contributed by atoms with Crippen LogP contribution in [0.3, 0.4) is 0 Å². The molecule has 0 spiro atoms. The van der Waals surface area contributed by atoms with E-state index in [0.717, 1.165) is 120 Å². The summed E-state index contributed by atoms with van der Waals surface area (Å²) in [5, 5.41) is 0. The molecule has 0 saturated heterocycles. The second-order valence-corrected chi connectivity index (χ2v) is 43.2. The molecule has 4 radical (unpaired) electrons. The first kappa shape index (κ1) is 126. The van der Waals surface area contributed by atoms with E-state index >= 15 is 0 Å². The van der Waals surface area contributed by atoms with Crippen molar-refractivity contribution in [3.05, 3.63) is 461 Å². The van der Waals surface area contributed by atoms with Crippen molar-refractivity contribution in [2.24, 2.45) is 0 Å². The van der Waals surface area contributed by atoms with Crippen LogP contribution in [0.15, 0.2) is 312 Å². The number of hydrogen-bond acceptors (Lipinski definition) is 8. The maximum absolute atomic E-state index is 4.58. The smallest absolute Gasteiger partial charge is 0.0198 e. The third kappa shape index (κ3) is 40.2. The number of aromatic nitrogens is 8. The third-order valence-corrected chi connectivity index (χ3v) is 24.6. The Kier molecular flexibility index (Phi) is 50.6. The van der Waals surface area contributed by atoms with Crippen molar-refractivity contribution in [2.45, 2.75) is 257 Å². The van der Waals surface area contributed by atoms with Crippen LogP contribution in [0.4, 0.5) is 0 Å². The first-order valence-corrected chi connectivity index (χ1v) is 49.9. The van der Waals surface area contributed by atoms with Crippen molar-refractivity contribution < 1.29 is 80.4 Å². The monoisotopic (exact) mass is 2660 g/mol. The maximum Gasteiger partial charge on any atom is 0.0198 e. The van der Waals surface area contributed by atoms with Gasteiger partial charge in [0.15, 0.2) is 0 Å². The SMILES string of the molecule is C=CCc1cc[c-]c(-c2cc(C)ccn2)c1.C=Cc1c[c-]c(-c2cc(C(C)(C)C)ccn2)cc1.C=Cc1c[c-]c(-c2ccc(C(C)(C)C)cn2)cc1.C=Cc1ccnc(-c2[c-]cc(C)c(C)c2)c1.CC(C)(C)c1c[c-]c(-c2cc(C(C)(C)C)ccn2)cc1.CC(C)(C)c1c[c-]c(-c2ccc(C(C)(C)C)cn2)cc1.CCCc1c[c-]c(-c2cc(C(C)C)ccn2)cc1.Cc1cnc(-c2[c-]cc(C(C)C)cc2)cc1C.[Ir].[Ir].[Ir].[Ir]. The summed E-state index contributed by atoms with van der Waals surface area (Å²) in [6, 6.07) is 105. The molecule has 774 valence electrons. The molecule has 16 aromatic rings. The van der Waals surface area contributed by atoms with Gasteiger partial charge in [0, 0.05) is 130 Å². The molecule has 0 fully saturated rings. The summed E-state index contributed by atoms with van der Waals surface area (Å²) in [5.41, 5.74) is 39.5. The van der Waals surface area contributed by atoms with E-state index < -0.39 is 0 Å². The Morgan fingerprint density at radius 2 is 0.639 bits per heavy atom. The summed E-state index contributed by atoms with van der Waals surface area (Å²) in [6.07, 6.45) is 25.7. The molecule has 8 nitrogen and oxygen atoms in total. The van der Waals surface area contributed by atoms with E-state index in [0.29, 0.717) is 11.8 Å². The topological polar surface area (TPSA) is 103 Å². The molecule has 0 unspecified atom stereocenters. The number of nitrogens with zero attached hydrogens (tertiary/aromatic N) is 8. The zero-order valence-corrected chi connectivity index (χ0v) is 101. The molecule has 0 amide bonds. The second-order valence-electron chi connectivity index (χ2n) is 43.2. The normalized spacial score (nSPS) is 11.0. The fourth-order valence-electron chi connectivity index (χ4n) is 14.6. The number of hydrogen-bond donors (Lipinski definition) is 0. The Bertz CT molecular complexity index is 6680. The Hall–Kier alpha value is -11.5. The van der Waals surface area contributed by atoms with Gasteiger partial charge >= 0.3 is 0 Å². The van der Waals surface area contributed by atoms with Crippen LogP contribution >= 0.6 is 0 Å². The minimum atomic E-state index is 0. The molecule has 8 aromatic heterocycles. The first-order valence-electron chi connectivity index (χ1n) is 49.9. The molecule has 0 aliphatic rings. The van der Waals surface area contributed by atoms with E-state index in [4.69, 9.17) is 0 Å². The first-order chi connectivity index (χ1) is 67.6. The van der Waals surface area contributed by atoms with Crippen LogP contribution in [-0.4, -0.2) is 39.9 Å². The molecule has 0 N–H and O–H groups in total. The van der Waals surface area contributed by atoms with Gasteiger partial charge in [0.05, 0.1) is 0 Å². The van der Waals surface area contributed by atoms with Crippen molar-refractivity contribution in [3.8, 4) is 90.1 Å². The minimum absolute atomic E-state index is 0. The number of pyridine rings is 8. The van der Waals surface area contributed by atoms with Crippen molar-refractivity contribution >= 4 is 18.2 Å². The number of rotatable bonds is 17. The zero-order chi connectivity index (χ0) is 105. The van der Waals surface area contributed by atoms with E-state index in [9.17, 15) is 0 Å². The molecule has 8 heterocycles.